The Morgan fingerprint density at radius 3 is 2.20 bits per heavy atom. The van der Waals surface area contributed by atoms with Gasteiger partial charge in [-0.1, -0.05) is 13.3 Å². The van der Waals surface area contributed by atoms with Crippen molar-refractivity contribution in [3.05, 3.63) is 0 Å². The average molecular weight is 147 g/mol. The molecule has 0 N–H and O–H groups in total. The molecule has 0 unspecified atom stereocenters. The molecule has 0 bridgehead atoms. The Labute approximate surface area is 62.8 Å². The molecule has 62 valence electrons. The van der Waals surface area contributed by atoms with Gasteiger partial charge in [-0.3, -0.25) is 4.70 Å². The fourth-order valence-corrected chi connectivity index (χ4v) is 1.50. The first kappa shape index (κ1) is 9.89. The smallest absolute Gasteiger partial charge is 0.00187 e. The predicted octanol–water partition coefficient (Wildman–Crippen LogP) is 2.03. The van der Waals surface area contributed by atoms with Gasteiger partial charge in [0.1, 0.15) is 0 Å². The summed E-state index contributed by atoms with van der Waals surface area (Å²) >= 11 is 0. The number of piperidine rings is 1. The second kappa shape index (κ2) is 5.66. The van der Waals surface area contributed by atoms with Crippen molar-refractivity contribution in [2.45, 2.75) is 32.6 Å². The van der Waals surface area contributed by atoms with Crippen LogP contribution in [0.5, 0.6) is 0 Å². The van der Waals surface area contributed by atoms with E-state index in [1.165, 1.54) is 45.3 Å². The van der Waals surface area contributed by atoms with Crippen LogP contribution in [-0.2, 0) is 0 Å². The Bertz CT molecular complexity index is 66.9. The van der Waals surface area contributed by atoms with Crippen molar-refractivity contribution in [3.63, 3.8) is 0 Å². The maximum Gasteiger partial charge on any atom is -0.00187 e. The van der Waals surface area contributed by atoms with E-state index in [9.17, 15) is 0 Å². The summed E-state index contributed by atoms with van der Waals surface area (Å²) in [6, 6.07) is 0. The van der Waals surface area contributed by atoms with E-state index in [0.717, 1.165) is 0 Å². The van der Waals surface area contributed by atoms with E-state index < -0.39 is 0 Å². The van der Waals surface area contributed by atoms with Crippen LogP contribution in [0.15, 0.2) is 0 Å². The lowest BCUT2D eigenvalue weighted by Crippen LogP contribution is -2.30. The minimum absolute atomic E-state index is 0. The third-order valence-electron chi connectivity index (χ3n) is 1.99. The first-order valence-corrected chi connectivity index (χ1v) is 4.16. The molecule has 0 radical (unpaired) electrons. The van der Waals surface area contributed by atoms with Gasteiger partial charge in [-0.15, -0.1) is 0 Å². The zero-order chi connectivity index (χ0) is 6.53. The lowest BCUT2D eigenvalue weighted by atomic mass is 10.1. The van der Waals surface area contributed by atoms with Crippen molar-refractivity contribution in [1.29, 1.82) is 0 Å². The van der Waals surface area contributed by atoms with Crippen LogP contribution in [-0.4, -0.2) is 24.5 Å². The minimum atomic E-state index is 0. The quantitative estimate of drug-likeness (QED) is 0.577. The maximum atomic E-state index is 2.57. The Morgan fingerprint density at radius 1 is 1.10 bits per heavy atom. The Morgan fingerprint density at radius 2 is 1.70 bits per heavy atom. The third kappa shape index (κ3) is 3.16. The molecule has 1 nitrogen and oxygen atoms in total. The summed E-state index contributed by atoms with van der Waals surface area (Å²) < 4.78 is 0. The normalized spacial score (nSPS) is 20.1. The first-order valence-electron chi connectivity index (χ1n) is 4.16. The summed E-state index contributed by atoms with van der Waals surface area (Å²) in [6.45, 7) is 6.29. The van der Waals surface area contributed by atoms with Crippen molar-refractivity contribution < 1.29 is 4.70 Å². The fraction of sp³-hybridized carbons (Fsp3) is 1.00. The highest BCUT2D eigenvalue weighted by atomic mass is 19.0. The molecule has 1 fully saturated rings. The van der Waals surface area contributed by atoms with Crippen LogP contribution in [0.1, 0.15) is 32.6 Å². The second-order valence-corrected chi connectivity index (χ2v) is 2.90. The van der Waals surface area contributed by atoms with Gasteiger partial charge in [0.15, 0.2) is 0 Å². The van der Waals surface area contributed by atoms with Gasteiger partial charge in [-0.05, 0) is 38.9 Å². The van der Waals surface area contributed by atoms with E-state index in [1.807, 2.05) is 0 Å². The molecule has 10 heavy (non-hydrogen) atoms. The fourth-order valence-electron chi connectivity index (χ4n) is 1.50. The van der Waals surface area contributed by atoms with Crippen LogP contribution in [0.4, 0.5) is 4.70 Å². The zero-order valence-electron chi connectivity index (χ0n) is 6.81. The molecule has 0 spiro atoms. The molecule has 0 aromatic heterocycles. The topological polar surface area (TPSA) is 3.24 Å². The molecule has 1 rings (SSSR count). The molecule has 0 aromatic carbocycles. The monoisotopic (exact) mass is 147 g/mol. The molecule has 1 heterocycles. The van der Waals surface area contributed by atoms with Crippen molar-refractivity contribution in [3.8, 4) is 0 Å². The molecule has 1 saturated heterocycles. The molecule has 0 atom stereocenters. The summed E-state index contributed by atoms with van der Waals surface area (Å²) in [5.74, 6) is 0. The van der Waals surface area contributed by atoms with E-state index in [2.05, 4.69) is 11.8 Å². The summed E-state index contributed by atoms with van der Waals surface area (Å²) in [4.78, 5) is 2.57. The van der Waals surface area contributed by atoms with E-state index in [0.29, 0.717) is 0 Å². The van der Waals surface area contributed by atoms with Crippen LogP contribution in [0.25, 0.3) is 0 Å². The van der Waals surface area contributed by atoms with Crippen LogP contribution in [0.3, 0.4) is 0 Å². The van der Waals surface area contributed by atoms with Crippen molar-refractivity contribution in [2.75, 3.05) is 19.6 Å². The van der Waals surface area contributed by atoms with Gasteiger partial charge in [-0.25, -0.2) is 0 Å². The van der Waals surface area contributed by atoms with Gasteiger partial charge in [0.05, 0.1) is 0 Å². The predicted molar refractivity (Wildman–Crippen MR) is 43.1 cm³/mol. The van der Waals surface area contributed by atoms with Gasteiger partial charge < -0.3 is 4.90 Å². The molecular weight excluding hydrogens is 129 g/mol. The number of rotatable bonds is 2. The van der Waals surface area contributed by atoms with E-state index >= 15 is 0 Å². The molecule has 0 saturated carbocycles. The highest BCUT2D eigenvalue weighted by Crippen LogP contribution is 2.07. The van der Waals surface area contributed by atoms with E-state index in [-0.39, 0.29) is 4.70 Å². The largest absolute Gasteiger partial charge is 0.303 e. The van der Waals surface area contributed by atoms with Gasteiger partial charge in [0.25, 0.3) is 0 Å². The lowest BCUT2D eigenvalue weighted by molar-refractivity contribution is 0.229. The number of hydrogen-bond donors (Lipinski definition) is 0. The van der Waals surface area contributed by atoms with E-state index in [4.69, 9.17) is 0 Å². The zero-order valence-corrected chi connectivity index (χ0v) is 6.81. The summed E-state index contributed by atoms with van der Waals surface area (Å²) in [7, 11) is 0. The molecular formula is C8H18FN. The summed E-state index contributed by atoms with van der Waals surface area (Å²) in [5, 5.41) is 0. The highest BCUT2D eigenvalue weighted by molar-refractivity contribution is 4.62. The summed E-state index contributed by atoms with van der Waals surface area (Å²) in [6.07, 6.45) is 5.64. The first-order chi connectivity index (χ1) is 4.43. The van der Waals surface area contributed by atoms with Crippen molar-refractivity contribution in [2.24, 2.45) is 0 Å². The molecule has 1 aliphatic heterocycles. The number of nitrogens with zero attached hydrogens (tertiary/aromatic N) is 1. The molecule has 0 aromatic rings. The highest BCUT2D eigenvalue weighted by Gasteiger charge is 2.07. The second-order valence-electron chi connectivity index (χ2n) is 2.90. The number of halogens is 1. The Kier molecular flexibility index (Phi) is 5.60. The SMILES string of the molecule is CCCN1CCCCC1.F. The Hall–Kier alpha value is -0.110. The van der Waals surface area contributed by atoms with Crippen molar-refractivity contribution >= 4 is 0 Å². The van der Waals surface area contributed by atoms with Gasteiger partial charge in [0, 0.05) is 0 Å². The van der Waals surface area contributed by atoms with Crippen molar-refractivity contribution in [1.82, 2.24) is 4.90 Å². The van der Waals surface area contributed by atoms with Crippen LogP contribution in [0.2, 0.25) is 0 Å². The average Bonchev–Trinajstić information content (AvgIpc) is 1.91. The Balaban J connectivity index is 0.000000810. The van der Waals surface area contributed by atoms with E-state index in [1.54, 1.807) is 0 Å². The molecule has 0 amide bonds. The lowest BCUT2D eigenvalue weighted by Gasteiger charge is -2.25. The third-order valence-corrected chi connectivity index (χ3v) is 1.99. The van der Waals surface area contributed by atoms with Gasteiger partial charge in [-0.2, -0.15) is 0 Å². The number of likely N-dealkylation sites (tertiary alicyclic amines) is 1. The molecule has 0 aliphatic carbocycles. The van der Waals surface area contributed by atoms with Gasteiger partial charge in [0.2, 0.25) is 0 Å². The van der Waals surface area contributed by atoms with Crippen LogP contribution in [0, 0.1) is 0 Å². The maximum absolute atomic E-state index is 2.57. The summed E-state index contributed by atoms with van der Waals surface area (Å²) in [5.41, 5.74) is 0. The molecule has 2 heteroatoms. The van der Waals surface area contributed by atoms with Crippen LogP contribution >= 0.6 is 0 Å². The minimum Gasteiger partial charge on any atom is -0.303 e. The van der Waals surface area contributed by atoms with Crippen LogP contribution < -0.4 is 0 Å². The molecule has 1 aliphatic rings. The van der Waals surface area contributed by atoms with Gasteiger partial charge >= 0.3 is 0 Å². The number of hydrogen-bond acceptors (Lipinski definition) is 1. The standard InChI is InChI=1S/C8H17N.FH/c1-2-6-9-7-4-3-5-8-9;/h2-8H2,1H3;1H.